The third-order valence-electron chi connectivity index (χ3n) is 3.31. The molecule has 3 heteroatoms. The summed E-state index contributed by atoms with van der Waals surface area (Å²) in [5.74, 6) is 0.878. The van der Waals surface area contributed by atoms with Crippen LogP contribution in [0.5, 0.6) is 5.75 Å². The molecule has 0 aliphatic heterocycles. The minimum absolute atomic E-state index is 0.878. The predicted octanol–water partition coefficient (Wildman–Crippen LogP) is 4.91. The van der Waals surface area contributed by atoms with E-state index in [1.807, 2.05) is 12.1 Å². The van der Waals surface area contributed by atoms with Crippen molar-refractivity contribution in [1.29, 1.82) is 0 Å². The minimum atomic E-state index is 0.878. The molecule has 0 aliphatic carbocycles. The number of methoxy groups -OCH3 is 1. The lowest BCUT2D eigenvalue weighted by Gasteiger charge is -2.04. The van der Waals surface area contributed by atoms with Crippen LogP contribution in [0, 0.1) is 6.92 Å². The lowest BCUT2D eigenvalue weighted by atomic mass is 10.0. The molecule has 1 N–H and O–H groups in total. The second-order valence-electron chi connectivity index (χ2n) is 4.55. The van der Waals surface area contributed by atoms with Crippen LogP contribution >= 0.6 is 15.9 Å². The second kappa shape index (κ2) is 4.74. The number of halogens is 1. The summed E-state index contributed by atoms with van der Waals surface area (Å²) in [5.41, 5.74) is 4.73. The van der Waals surface area contributed by atoms with E-state index in [1.54, 1.807) is 7.11 Å². The molecule has 19 heavy (non-hydrogen) atoms. The fourth-order valence-corrected chi connectivity index (χ4v) is 2.85. The Morgan fingerprint density at radius 1 is 1.11 bits per heavy atom. The van der Waals surface area contributed by atoms with Crippen molar-refractivity contribution in [3.05, 3.63) is 52.6 Å². The molecule has 2 aromatic carbocycles. The molecule has 0 saturated carbocycles. The van der Waals surface area contributed by atoms with E-state index in [-0.39, 0.29) is 0 Å². The number of hydrogen-bond donors (Lipinski definition) is 1. The number of nitrogens with one attached hydrogen (secondary N) is 1. The molecule has 1 aromatic heterocycles. The standard InChI is InChI=1S/C16H14BrNO/c1-10-16(11-4-3-5-12(17)8-11)14-9-13(19-2)6-7-15(14)18-10/h3-9,18H,1-2H3. The zero-order valence-electron chi connectivity index (χ0n) is 10.8. The van der Waals surface area contributed by atoms with Gasteiger partial charge < -0.3 is 9.72 Å². The highest BCUT2D eigenvalue weighted by atomic mass is 79.9. The molecule has 3 rings (SSSR count). The summed E-state index contributed by atoms with van der Waals surface area (Å²) in [4.78, 5) is 3.43. The monoisotopic (exact) mass is 315 g/mol. The number of fused-ring (bicyclic) bond motifs is 1. The smallest absolute Gasteiger partial charge is 0.119 e. The summed E-state index contributed by atoms with van der Waals surface area (Å²) in [6.07, 6.45) is 0. The molecule has 0 aliphatic rings. The summed E-state index contributed by atoms with van der Waals surface area (Å²) >= 11 is 3.53. The van der Waals surface area contributed by atoms with Crippen molar-refractivity contribution in [2.75, 3.05) is 7.11 Å². The van der Waals surface area contributed by atoms with Gasteiger partial charge in [0.05, 0.1) is 7.11 Å². The average molecular weight is 316 g/mol. The third kappa shape index (κ3) is 2.15. The molecule has 0 saturated heterocycles. The van der Waals surface area contributed by atoms with Crippen LogP contribution in [0.4, 0.5) is 0 Å². The summed E-state index contributed by atoms with van der Waals surface area (Å²) in [7, 11) is 1.69. The topological polar surface area (TPSA) is 25.0 Å². The Labute approximate surface area is 120 Å². The maximum absolute atomic E-state index is 5.32. The Morgan fingerprint density at radius 3 is 2.68 bits per heavy atom. The summed E-state index contributed by atoms with van der Waals surface area (Å²) < 4.78 is 6.41. The van der Waals surface area contributed by atoms with E-state index in [2.05, 4.69) is 58.2 Å². The van der Waals surface area contributed by atoms with Gasteiger partial charge >= 0.3 is 0 Å². The first kappa shape index (κ1) is 12.3. The van der Waals surface area contributed by atoms with Crippen molar-refractivity contribution in [1.82, 2.24) is 4.98 Å². The maximum atomic E-state index is 5.32. The number of aromatic nitrogens is 1. The maximum Gasteiger partial charge on any atom is 0.119 e. The molecule has 0 amide bonds. The van der Waals surface area contributed by atoms with Gasteiger partial charge in [0.15, 0.2) is 0 Å². The number of aryl methyl sites for hydroxylation is 1. The molecule has 96 valence electrons. The quantitative estimate of drug-likeness (QED) is 0.713. The van der Waals surface area contributed by atoms with Crippen LogP contribution in [0.25, 0.3) is 22.0 Å². The molecule has 1 heterocycles. The normalized spacial score (nSPS) is 10.9. The molecular weight excluding hydrogens is 302 g/mol. The summed E-state index contributed by atoms with van der Waals surface area (Å²) in [6, 6.07) is 14.5. The van der Waals surface area contributed by atoms with Gasteiger partial charge in [0, 0.05) is 26.6 Å². The van der Waals surface area contributed by atoms with Crippen LogP contribution in [-0.2, 0) is 0 Å². The van der Waals surface area contributed by atoms with Gasteiger partial charge in [-0.2, -0.15) is 0 Å². The Morgan fingerprint density at radius 2 is 1.95 bits per heavy atom. The van der Waals surface area contributed by atoms with Crippen LogP contribution in [0.15, 0.2) is 46.9 Å². The van der Waals surface area contributed by atoms with E-state index in [0.717, 1.165) is 15.7 Å². The first-order valence-corrected chi connectivity index (χ1v) is 6.90. The first-order valence-electron chi connectivity index (χ1n) is 6.11. The molecule has 3 aromatic rings. The fourth-order valence-electron chi connectivity index (χ4n) is 2.45. The van der Waals surface area contributed by atoms with Crippen molar-refractivity contribution in [3.8, 4) is 16.9 Å². The van der Waals surface area contributed by atoms with Gasteiger partial charge in [-0.1, -0.05) is 28.1 Å². The van der Waals surface area contributed by atoms with Crippen LogP contribution in [0.3, 0.4) is 0 Å². The highest BCUT2D eigenvalue weighted by Gasteiger charge is 2.11. The van der Waals surface area contributed by atoms with E-state index in [4.69, 9.17) is 4.74 Å². The Kier molecular flexibility index (Phi) is 3.07. The number of rotatable bonds is 2. The number of aromatic amines is 1. The van der Waals surface area contributed by atoms with Crippen molar-refractivity contribution >= 4 is 26.8 Å². The first-order chi connectivity index (χ1) is 9.19. The average Bonchev–Trinajstić information content (AvgIpc) is 2.73. The lowest BCUT2D eigenvalue weighted by Crippen LogP contribution is -1.82. The molecule has 0 bridgehead atoms. The zero-order chi connectivity index (χ0) is 13.4. The third-order valence-corrected chi connectivity index (χ3v) is 3.80. The van der Waals surface area contributed by atoms with Gasteiger partial charge in [0.2, 0.25) is 0 Å². The van der Waals surface area contributed by atoms with Crippen LogP contribution in [0.1, 0.15) is 5.69 Å². The minimum Gasteiger partial charge on any atom is -0.497 e. The van der Waals surface area contributed by atoms with Crippen LogP contribution < -0.4 is 4.74 Å². The van der Waals surface area contributed by atoms with Gasteiger partial charge in [-0.15, -0.1) is 0 Å². The largest absolute Gasteiger partial charge is 0.497 e. The molecule has 0 atom stereocenters. The molecule has 0 spiro atoms. The van der Waals surface area contributed by atoms with Gasteiger partial charge in [0.1, 0.15) is 5.75 Å². The highest BCUT2D eigenvalue weighted by molar-refractivity contribution is 9.10. The van der Waals surface area contributed by atoms with Crippen molar-refractivity contribution < 1.29 is 4.74 Å². The lowest BCUT2D eigenvalue weighted by molar-refractivity contribution is 0.415. The Balaban J connectivity index is 2.30. The zero-order valence-corrected chi connectivity index (χ0v) is 12.4. The van der Waals surface area contributed by atoms with Crippen molar-refractivity contribution in [2.24, 2.45) is 0 Å². The second-order valence-corrected chi connectivity index (χ2v) is 5.46. The predicted molar refractivity (Wildman–Crippen MR) is 82.7 cm³/mol. The Bertz CT molecular complexity index is 746. The van der Waals surface area contributed by atoms with E-state index < -0.39 is 0 Å². The molecular formula is C16H14BrNO. The number of hydrogen-bond acceptors (Lipinski definition) is 1. The summed E-state index contributed by atoms with van der Waals surface area (Å²) in [6.45, 7) is 2.10. The Hall–Kier alpha value is -1.74. The van der Waals surface area contributed by atoms with Crippen molar-refractivity contribution in [2.45, 2.75) is 6.92 Å². The molecule has 2 nitrogen and oxygen atoms in total. The molecule has 0 radical (unpaired) electrons. The summed E-state index contributed by atoms with van der Waals surface area (Å²) in [5, 5.41) is 1.19. The molecule has 0 fully saturated rings. The van der Waals surface area contributed by atoms with Gasteiger partial charge in [-0.05, 0) is 42.8 Å². The van der Waals surface area contributed by atoms with Crippen molar-refractivity contribution in [3.63, 3.8) is 0 Å². The van der Waals surface area contributed by atoms with E-state index in [1.165, 1.54) is 22.2 Å². The van der Waals surface area contributed by atoms with E-state index in [9.17, 15) is 0 Å². The number of benzene rings is 2. The van der Waals surface area contributed by atoms with E-state index in [0.29, 0.717) is 0 Å². The van der Waals surface area contributed by atoms with Gasteiger partial charge in [0.25, 0.3) is 0 Å². The van der Waals surface area contributed by atoms with Crippen LogP contribution in [-0.4, -0.2) is 12.1 Å². The SMILES string of the molecule is COc1ccc2[nH]c(C)c(-c3cccc(Br)c3)c2c1. The number of H-pyrrole nitrogens is 1. The van der Waals surface area contributed by atoms with E-state index >= 15 is 0 Å². The fraction of sp³-hybridized carbons (Fsp3) is 0.125. The highest BCUT2D eigenvalue weighted by Crippen LogP contribution is 2.35. The molecule has 0 unspecified atom stereocenters. The van der Waals surface area contributed by atoms with Gasteiger partial charge in [-0.25, -0.2) is 0 Å². The number of ether oxygens (including phenoxy) is 1. The van der Waals surface area contributed by atoms with Gasteiger partial charge in [-0.3, -0.25) is 0 Å². The van der Waals surface area contributed by atoms with Crippen LogP contribution in [0.2, 0.25) is 0 Å².